The molecule has 146 valence electrons. The van der Waals surface area contributed by atoms with Gasteiger partial charge in [-0.2, -0.15) is 0 Å². The van der Waals surface area contributed by atoms with Crippen molar-refractivity contribution >= 4 is 18.0 Å². The molecular weight excluding hydrogens is 362 g/mol. The molecule has 3 N–H and O–H groups in total. The summed E-state index contributed by atoms with van der Waals surface area (Å²) in [7, 11) is 0. The number of alkyl carbamates (subject to hydrolysis) is 1. The molecule has 2 amide bonds. The molecule has 7 heteroatoms. The molecule has 28 heavy (non-hydrogen) atoms. The quantitative estimate of drug-likeness (QED) is 0.656. The first-order valence-electron chi connectivity index (χ1n) is 8.47. The number of imide groups is 1. The molecule has 1 atom stereocenters. The van der Waals surface area contributed by atoms with E-state index in [0.29, 0.717) is 11.1 Å². The maximum absolute atomic E-state index is 12.3. The summed E-state index contributed by atoms with van der Waals surface area (Å²) >= 11 is 0. The van der Waals surface area contributed by atoms with Crippen LogP contribution in [-0.2, 0) is 9.53 Å². The van der Waals surface area contributed by atoms with Gasteiger partial charge in [0, 0.05) is 17.1 Å². The molecule has 0 unspecified atom stereocenters. The second-order valence-electron chi connectivity index (χ2n) is 6.69. The number of hydrogen-bond acceptors (Lipinski definition) is 5. The first-order chi connectivity index (χ1) is 13.2. The highest BCUT2D eigenvalue weighted by Crippen LogP contribution is 2.38. The van der Waals surface area contributed by atoms with E-state index in [4.69, 9.17) is 9.84 Å². The number of aliphatic carboxylic acids is 1. The van der Waals surface area contributed by atoms with E-state index >= 15 is 0 Å². The van der Waals surface area contributed by atoms with Crippen molar-refractivity contribution in [2.75, 3.05) is 0 Å². The predicted molar refractivity (Wildman–Crippen MR) is 102 cm³/mol. The lowest BCUT2D eigenvalue weighted by atomic mass is 9.82. The predicted octanol–water partition coefficient (Wildman–Crippen LogP) is 3.67. The van der Waals surface area contributed by atoms with E-state index in [2.05, 4.69) is 5.32 Å². The highest BCUT2D eigenvalue weighted by Gasteiger charge is 2.33. The summed E-state index contributed by atoms with van der Waals surface area (Å²) in [5.41, 5.74) is -0.0894. The standard InChI is InChI=1S/C21H21NO6/c1-21(2,13-12-17(24)25)18(14-8-10-16(23)11-9-14)28-20(27)22-19(26)15-6-4-3-5-7-15/h3-13,18,23H,1-2H3,(H,24,25)(H,22,26,27)/b13-12+/t18-/m1/s1. The van der Waals surface area contributed by atoms with Crippen LogP contribution in [0.2, 0.25) is 0 Å². The SMILES string of the molecule is CC(C)(/C=C/C(=O)O)[C@H](OC(=O)NC(=O)c1ccccc1)c1ccc(O)cc1. The van der Waals surface area contributed by atoms with Gasteiger partial charge in [-0.15, -0.1) is 0 Å². The maximum Gasteiger partial charge on any atom is 0.414 e. The Labute approximate surface area is 162 Å². The highest BCUT2D eigenvalue weighted by atomic mass is 16.6. The number of ether oxygens (including phenoxy) is 1. The maximum atomic E-state index is 12.3. The molecule has 0 spiro atoms. The molecule has 0 aliphatic rings. The van der Waals surface area contributed by atoms with Gasteiger partial charge in [0.2, 0.25) is 0 Å². The Bertz CT molecular complexity index is 872. The number of rotatable bonds is 6. The van der Waals surface area contributed by atoms with Gasteiger partial charge in [0.05, 0.1) is 0 Å². The van der Waals surface area contributed by atoms with Crippen LogP contribution in [0.4, 0.5) is 4.79 Å². The fourth-order valence-electron chi connectivity index (χ4n) is 2.56. The van der Waals surface area contributed by atoms with Crippen molar-refractivity contribution in [3.05, 3.63) is 77.9 Å². The first kappa shape index (κ1) is 20.7. The van der Waals surface area contributed by atoms with Crippen LogP contribution >= 0.6 is 0 Å². The third-order valence-corrected chi connectivity index (χ3v) is 4.00. The van der Waals surface area contributed by atoms with Crippen LogP contribution in [0.15, 0.2) is 66.7 Å². The molecule has 0 bridgehead atoms. The molecule has 2 aromatic rings. The van der Waals surface area contributed by atoms with E-state index in [1.807, 2.05) is 0 Å². The van der Waals surface area contributed by atoms with E-state index in [1.165, 1.54) is 18.2 Å². The van der Waals surface area contributed by atoms with Crippen molar-refractivity contribution in [1.82, 2.24) is 5.32 Å². The second-order valence-corrected chi connectivity index (χ2v) is 6.69. The number of aromatic hydroxyl groups is 1. The summed E-state index contributed by atoms with van der Waals surface area (Å²) in [6, 6.07) is 14.2. The number of benzene rings is 2. The highest BCUT2D eigenvalue weighted by molar-refractivity contribution is 6.02. The molecule has 7 nitrogen and oxygen atoms in total. The molecule has 0 aromatic heterocycles. The first-order valence-corrected chi connectivity index (χ1v) is 8.47. The fraction of sp³-hybridized carbons (Fsp3) is 0.190. The molecular formula is C21H21NO6. The van der Waals surface area contributed by atoms with Crippen LogP contribution in [-0.4, -0.2) is 28.2 Å². The van der Waals surface area contributed by atoms with Crippen molar-refractivity contribution in [1.29, 1.82) is 0 Å². The third kappa shape index (κ3) is 5.70. The number of phenols is 1. The Kier molecular flexibility index (Phi) is 6.55. The number of carboxylic acids is 1. The van der Waals surface area contributed by atoms with Gasteiger partial charge in [-0.3, -0.25) is 10.1 Å². The summed E-state index contributed by atoms with van der Waals surface area (Å²) in [6.07, 6.45) is 0.485. The smallest absolute Gasteiger partial charge is 0.414 e. The zero-order valence-electron chi connectivity index (χ0n) is 15.5. The van der Waals surface area contributed by atoms with Gasteiger partial charge in [-0.1, -0.05) is 50.3 Å². The minimum Gasteiger partial charge on any atom is -0.508 e. The summed E-state index contributed by atoms with van der Waals surface area (Å²) in [4.78, 5) is 35.4. The lowest BCUT2D eigenvalue weighted by molar-refractivity contribution is -0.131. The van der Waals surface area contributed by atoms with Gasteiger partial charge in [0.1, 0.15) is 11.9 Å². The number of phenolic OH excluding ortho intramolecular Hbond substituents is 1. The number of carbonyl (C=O) groups excluding carboxylic acids is 2. The Hall–Kier alpha value is -3.61. The minimum atomic E-state index is -1.14. The van der Waals surface area contributed by atoms with Gasteiger partial charge < -0.3 is 14.9 Å². The second kappa shape index (κ2) is 8.85. The van der Waals surface area contributed by atoms with Crippen molar-refractivity contribution in [2.45, 2.75) is 20.0 Å². The largest absolute Gasteiger partial charge is 0.508 e. The van der Waals surface area contributed by atoms with E-state index in [-0.39, 0.29) is 5.75 Å². The molecule has 0 heterocycles. The van der Waals surface area contributed by atoms with E-state index in [1.54, 1.807) is 56.3 Å². The molecule has 2 aromatic carbocycles. The van der Waals surface area contributed by atoms with Crippen LogP contribution in [0, 0.1) is 5.41 Å². The van der Waals surface area contributed by atoms with E-state index in [0.717, 1.165) is 6.08 Å². The Morgan fingerprint density at radius 1 is 1.04 bits per heavy atom. The van der Waals surface area contributed by atoms with E-state index in [9.17, 15) is 19.5 Å². The molecule has 0 fully saturated rings. The average Bonchev–Trinajstić information content (AvgIpc) is 2.66. The zero-order chi connectivity index (χ0) is 20.7. The van der Waals surface area contributed by atoms with Crippen LogP contribution in [0.25, 0.3) is 0 Å². The summed E-state index contributed by atoms with van der Waals surface area (Å²) in [5, 5.41) is 20.6. The molecule has 2 rings (SSSR count). The summed E-state index contributed by atoms with van der Waals surface area (Å²) < 4.78 is 5.47. The van der Waals surface area contributed by atoms with Crippen molar-refractivity contribution in [3.63, 3.8) is 0 Å². The van der Waals surface area contributed by atoms with Gasteiger partial charge in [-0.05, 0) is 29.8 Å². The molecule has 0 radical (unpaired) electrons. The van der Waals surface area contributed by atoms with Crippen LogP contribution < -0.4 is 5.32 Å². The van der Waals surface area contributed by atoms with Gasteiger partial charge >= 0.3 is 12.1 Å². The monoisotopic (exact) mass is 383 g/mol. The topological polar surface area (TPSA) is 113 Å². The summed E-state index contributed by atoms with van der Waals surface area (Å²) in [6.45, 7) is 3.38. The number of carboxylic acid groups (broad SMARTS) is 1. The van der Waals surface area contributed by atoms with Crippen molar-refractivity contribution in [2.24, 2.45) is 5.41 Å². The van der Waals surface area contributed by atoms with Crippen molar-refractivity contribution < 1.29 is 29.3 Å². The number of nitrogens with one attached hydrogen (secondary N) is 1. The molecule has 0 aliphatic heterocycles. The average molecular weight is 383 g/mol. The lowest BCUT2D eigenvalue weighted by Gasteiger charge is -2.31. The Morgan fingerprint density at radius 2 is 1.64 bits per heavy atom. The van der Waals surface area contributed by atoms with Gasteiger partial charge in [-0.25, -0.2) is 9.59 Å². The normalized spacial score (nSPS) is 12.4. The van der Waals surface area contributed by atoms with Crippen LogP contribution in [0.5, 0.6) is 5.75 Å². The Morgan fingerprint density at radius 3 is 2.21 bits per heavy atom. The molecule has 0 saturated heterocycles. The number of carbonyl (C=O) groups is 3. The molecule has 0 saturated carbocycles. The van der Waals surface area contributed by atoms with E-state index < -0.39 is 29.5 Å². The summed E-state index contributed by atoms with van der Waals surface area (Å²) in [5.74, 6) is -1.72. The van der Waals surface area contributed by atoms with Crippen LogP contribution in [0.1, 0.15) is 35.9 Å². The van der Waals surface area contributed by atoms with Gasteiger partial charge in [0.25, 0.3) is 5.91 Å². The third-order valence-electron chi connectivity index (χ3n) is 4.00. The lowest BCUT2D eigenvalue weighted by Crippen LogP contribution is -2.35. The van der Waals surface area contributed by atoms with Crippen LogP contribution in [0.3, 0.4) is 0 Å². The van der Waals surface area contributed by atoms with Crippen molar-refractivity contribution in [3.8, 4) is 5.75 Å². The Balaban J connectivity index is 2.23. The number of amides is 2. The zero-order valence-corrected chi connectivity index (χ0v) is 15.5. The fourth-order valence-corrected chi connectivity index (χ4v) is 2.56. The number of hydrogen-bond donors (Lipinski definition) is 3. The minimum absolute atomic E-state index is 0.0325. The molecule has 0 aliphatic carbocycles. The van der Waals surface area contributed by atoms with Gasteiger partial charge in [0.15, 0.2) is 0 Å².